The highest BCUT2D eigenvalue weighted by Gasteiger charge is 2.10. The Labute approximate surface area is 110 Å². The minimum atomic E-state index is 0.492. The smallest absolute Gasteiger partial charge is 0.0411 e. The fourth-order valence-corrected chi connectivity index (χ4v) is 2.52. The van der Waals surface area contributed by atoms with E-state index >= 15 is 0 Å². The Bertz CT molecular complexity index is 305. The van der Waals surface area contributed by atoms with E-state index in [0.717, 1.165) is 12.3 Å². The second-order valence-corrected chi connectivity index (χ2v) is 5.69. The fraction of sp³-hybridized carbons (Fsp3) is 0.600. The van der Waals surface area contributed by atoms with E-state index in [1.54, 1.807) is 0 Å². The molecule has 0 amide bonds. The van der Waals surface area contributed by atoms with Gasteiger partial charge in [-0.3, -0.25) is 0 Å². The molecule has 1 N–H and O–H groups in total. The number of hydrogen-bond donors (Lipinski definition) is 1. The zero-order valence-electron chi connectivity index (χ0n) is 11.5. The summed E-state index contributed by atoms with van der Waals surface area (Å²) in [7, 11) is 0. The van der Waals surface area contributed by atoms with Crippen molar-refractivity contribution in [2.45, 2.75) is 39.2 Å². The van der Waals surface area contributed by atoms with Gasteiger partial charge in [0, 0.05) is 11.8 Å². The van der Waals surface area contributed by atoms with Crippen molar-refractivity contribution in [3.8, 4) is 0 Å². The van der Waals surface area contributed by atoms with E-state index in [1.807, 2.05) is 11.8 Å². The summed E-state index contributed by atoms with van der Waals surface area (Å²) < 4.78 is 0. The molecule has 1 nitrogen and oxygen atoms in total. The van der Waals surface area contributed by atoms with Gasteiger partial charge in [0.25, 0.3) is 0 Å². The van der Waals surface area contributed by atoms with Crippen LogP contribution in [0.15, 0.2) is 24.3 Å². The van der Waals surface area contributed by atoms with Crippen LogP contribution in [0.25, 0.3) is 0 Å². The van der Waals surface area contributed by atoms with Gasteiger partial charge in [-0.15, -0.1) is 0 Å². The lowest BCUT2D eigenvalue weighted by molar-refractivity contribution is 0.577. The molecule has 1 aromatic carbocycles. The summed E-state index contributed by atoms with van der Waals surface area (Å²) in [4.78, 5) is 0. The van der Waals surface area contributed by atoms with Crippen molar-refractivity contribution in [3.05, 3.63) is 35.4 Å². The Hall–Kier alpha value is -0.470. The van der Waals surface area contributed by atoms with Crippen LogP contribution in [-0.2, 0) is 0 Å². The van der Waals surface area contributed by atoms with Crippen molar-refractivity contribution < 1.29 is 0 Å². The second kappa shape index (κ2) is 7.78. The molecule has 0 radical (unpaired) electrons. The van der Waals surface area contributed by atoms with Gasteiger partial charge >= 0.3 is 0 Å². The number of benzene rings is 1. The highest BCUT2D eigenvalue weighted by atomic mass is 32.2. The highest BCUT2D eigenvalue weighted by molar-refractivity contribution is 7.98. The van der Waals surface area contributed by atoms with Crippen LogP contribution in [-0.4, -0.2) is 18.6 Å². The molecule has 0 fully saturated rings. The van der Waals surface area contributed by atoms with Crippen molar-refractivity contribution in [3.63, 3.8) is 0 Å². The largest absolute Gasteiger partial charge is 0.309 e. The molecular weight excluding hydrogens is 226 g/mol. The van der Waals surface area contributed by atoms with Crippen LogP contribution in [0.5, 0.6) is 0 Å². The Balaban J connectivity index is 2.72. The topological polar surface area (TPSA) is 12.0 Å². The molecule has 1 unspecified atom stereocenters. The van der Waals surface area contributed by atoms with E-state index in [4.69, 9.17) is 0 Å². The van der Waals surface area contributed by atoms with E-state index in [9.17, 15) is 0 Å². The molecule has 0 saturated carbocycles. The molecule has 0 aliphatic heterocycles. The highest BCUT2D eigenvalue weighted by Crippen LogP contribution is 2.21. The average Bonchev–Trinajstić information content (AvgIpc) is 2.34. The number of rotatable bonds is 7. The van der Waals surface area contributed by atoms with Crippen molar-refractivity contribution in [1.82, 2.24) is 5.32 Å². The summed E-state index contributed by atoms with van der Waals surface area (Å²) in [6, 6.07) is 9.57. The first-order valence-electron chi connectivity index (χ1n) is 6.51. The van der Waals surface area contributed by atoms with Gasteiger partial charge in [-0.25, -0.2) is 0 Å². The molecule has 0 spiro atoms. The summed E-state index contributed by atoms with van der Waals surface area (Å²) in [5.41, 5.74) is 2.84. The fourth-order valence-electron chi connectivity index (χ4n) is 1.87. The van der Waals surface area contributed by atoms with Crippen LogP contribution in [0.1, 0.15) is 50.3 Å². The standard InChI is InChI=1S/C15H25NS/c1-5-10-16-15(11-17-4)14-8-6-13(7-9-14)12(2)3/h6-9,12,15-16H,5,10-11H2,1-4H3. The number of thioether (sulfide) groups is 1. The molecule has 0 aromatic heterocycles. The van der Waals surface area contributed by atoms with Crippen LogP contribution in [0.2, 0.25) is 0 Å². The first kappa shape index (κ1) is 14.6. The first-order valence-corrected chi connectivity index (χ1v) is 7.90. The monoisotopic (exact) mass is 251 g/mol. The van der Waals surface area contributed by atoms with Gasteiger partial charge in [0.05, 0.1) is 0 Å². The lowest BCUT2D eigenvalue weighted by Crippen LogP contribution is -2.24. The van der Waals surface area contributed by atoms with Gasteiger partial charge in [0.2, 0.25) is 0 Å². The van der Waals surface area contributed by atoms with Crippen molar-refractivity contribution in [2.75, 3.05) is 18.6 Å². The van der Waals surface area contributed by atoms with Crippen LogP contribution < -0.4 is 5.32 Å². The third-order valence-electron chi connectivity index (χ3n) is 2.98. The molecule has 1 rings (SSSR count). The Kier molecular flexibility index (Phi) is 6.68. The van der Waals surface area contributed by atoms with Gasteiger partial charge < -0.3 is 5.32 Å². The molecule has 0 aliphatic carbocycles. The maximum Gasteiger partial charge on any atom is 0.0411 e. The molecule has 0 saturated heterocycles. The second-order valence-electron chi connectivity index (χ2n) is 4.78. The normalized spacial score (nSPS) is 13.0. The average molecular weight is 251 g/mol. The van der Waals surface area contributed by atoms with Crippen molar-refractivity contribution in [1.29, 1.82) is 0 Å². The molecule has 17 heavy (non-hydrogen) atoms. The molecule has 0 bridgehead atoms. The summed E-state index contributed by atoms with van der Waals surface area (Å²) in [6.45, 7) is 7.79. The van der Waals surface area contributed by atoms with E-state index in [1.165, 1.54) is 17.5 Å². The summed E-state index contributed by atoms with van der Waals surface area (Å²) >= 11 is 1.90. The van der Waals surface area contributed by atoms with Crippen molar-refractivity contribution in [2.24, 2.45) is 0 Å². The predicted molar refractivity (Wildman–Crippen MR) is 79.9 cm³/mol. The molecule has 0 heterocycles. The first-order chi connectivity index (χ1) is 8.19. The van der Waals surface area contributed by atoms with Gasteiger partial charge in [0.15, 0.2) is 0 Å². The lowest BCUT2D eigenvalue weighted by atomic mass is 9.99. The number of hydrogen-bond acceptors (Lipinski definition) is 2. The number of nitrogens with one attached hydrogen (secondary N) is 1. The van der Waals surface area contributed by atoms with E-state index in [-0.39, 0.29) is 0 Å². The van der Waals surface area contributed by atoms with Gasteiger partial charge in [0.1, 0.15) is 0 Å². The molecule has 2 heteroatoms. The molecule has 1 aromatic rings. The lowest BCUT2D eigenvalue weighted by Gasteiger charge is -2.18. The van der Waals surface area contributed by atoms with Crippen molar-refractivity contribution >= 4 is 11.8 Å². The molecule has 0 aliphatic rings. The molecule has 96 valence electrons. The van der Waals surface area contributed by atoms with Gasteiger partial charge in [-0.2, -0.15) is 11.8 Å². The zero-order valence-corrected chi connectivity index (χ0v) is 12.3. The maximum absolute atomic E-state index is 3.61. The zero-order chi connectivity index (χ0) is 12.7. The van der Waals surface area contributed by atoms with Crippen LogP contribution >= 0.6 is 11.8 Å². The quantitative estimate of drug-likeness (QED) is 0.779. The van der Waals surface area contributed by atoms with E-state index in [0.29, 0.717) is 12.0 Å². The molecule has 1 atom stereocenters. The van der Waals surface area contributed by atoms with E-state index < -0.39 is 0 Å². The van der Waals surface area contributed by atoms with E-state index in [2.05, 4.69) is 56.6 Å². The summed E-state index contributed by atoms with van der Waals surface area (Å²) in [5, 5.41) is 3.61. The minimum absolute atomic E-state index is 0.492. The Morgan fingerprint density at radius 1 is 1.12 bits per heavy atom. The Morgan fingerprint density at radius 3 is 2.18 bits per heavy atom. The summed E-state index contributed by atoms with van der Waals surface area (Å²) in [5.74, 6) is 1.76. The maximum atomic E-state index is 3.61. The van der Waals surface area contributed by atoms with Gasteiger partial charge in [-0.05, 0) is 36.3 Å². The SMILES string of the molecule is CCCNC(CSC)c1ccc(C(C)C)cc1. The predicted octanol–water partition coefficient (Wildman–Crippen LogP) is 4.21. The van der Waals surface area contributed by atoms with Crippen LogP contribution in [0, 0.1) is 0 Å². The third kappa shape index (κ3) is 4.72. The summed E-state index contributed by atoms with van der Waals surface area (Å²) in [6.07, 6.45) is 3.36. The minimum Gasteiger partial charge on any atom is -0.309 e. The van der Waals surface area contributed by atoms with Gasteiger partial charge in [-0.1, -0.05) is 45.0 Å². The Morgan fingerprint density at radius 2 is 1.71 bits per heavy atom. The molecular formula is C15H25NS. The van der Waals surface area contributed by atoms with Crippen LogP contribution in [0.3, 0.4) is 0 Å². The third-order valence-corrected chi connectivity index (χ3v) is 3.65. The van der Waals surface area contributed by atoms with Crippen LogP contribution in [0.4, 0.5) is 0 Å².